The van der Waals surface area contributed by atoms with Crippen LogP contribution in [-0.4, -0.2) is 39.5 Å². The summed E-state index contributed by atoms with van der Waals surface area (Å²) in [5.74, 6) is 2.08. The number of hydrogen-bond acceptors (Lipinski definition) is 5. The van der Waals surface area contributed by atoms with Crippen LogP contribution in [0.5, 0.6) is 0 Å². The van der Waals surface area contributed by atoms with Gasteiger partial charge >= 0.3 is 0 Å². The van der Waals surface area contributed by atoms with E-state index >= 15 is 0 Å². The van der Waals surface area contributed by atoms with Crippen molar-refractivity contribution >= 4 is 17.2 Å². The molecule has 4 fully saturated rings. The number of thiophene rings is 1. The highest BCUT2D eigenvalue weighted by atomic mass is 32.1. The van der Waals surface area contributed by atoms with E-state index in [1.165, 1.54) is 4.88 Å². The van der Waals surface area contributed by atoms with Crippen molar-refractivity contribution in [2.75, 3.05) is 0 Å². The molecule has 5 rings (SSSR count). The zero-order valence-corrected chi connectivity index (χ0v) is 24.2. The molecule has 4 aliphatic rings. The summed E-state index contributed by atoms with van der Waals surface area (Å²) < 4.78 is 0. The predicted molar refractivity (Wildman–Crippen MR) is 148 cm³/mol. The van der Waals surface area contributed by atoms with Gasteiger partial charge in [0.1, 0.15) is 0 Å². The summed E-state index contributed by atoms with van der Waals surface area (Å²) in [6.45, 7) is 11.3. The summed E-state index contributed by atoms with van der Waals surface area (Å²) in [6.07, 6.45) is 5.45. The van der Waals surface area contributed by atoms with Gasteiger partial charge in [-0.3, -0.25) is 4.79 Å². The quantitative estimate of drug-likeness (QED) is 0.388. The molecule has 6 heteroatoms. The third kappa shape index (κ3) is 4.62. The van der Waals surface area contributed by atoms with Crippen molar-refractivity contribution < 1.29 is 20.1 Å². The average Bonchev–Trinajstić information content (AvgIpc) is 3.49. The van der Waals surface area contributed by atoms with Crippen molar-refractivity contribution in [2.45, 2.75) is 110 Å². The second-order valence-electron chi connectivity index (χ2n) is 14.0. The van der Waals surface area contributed by atoms with E-state index in [9.17, 15) is 20.1 Å². The third-order valence-corrected chi connectivity index (χ3v) is 12.8. The molecule has 208 valence electrons. The van der Waals surface area contributed by atoms with Crippen LogP contribution in [0.1, 0.15) is 96.9 Å². The molecule has 5 nitrogen and oxygen atoms in total. The first-order valence-electron chi connectivity index (χ1n) is 14.8. The maximum absolute atomic E-state index is 13.2. The number of hydrogen-bond donors (Lipinski definition) is 4. The van der Waals surface area contributed by atoms with Crippen LogP contribution in [0.2, 0.25) is 0 Å². The van der Waals surface area contributed by atoms with Crippen molar-refractivity contribution in [2.24, 2.45) is 52.3 Å². The van der Waals surface area contributed by atoms with Gasteiger partial charge < -0.3 is 20.6 Å². The molecule has 12 atom stereocenters. The molecule has 2 unspecified atom stereocenters. The van der Waals surface area contributed by atoms with Gasteiger partial charge in [0, 0.05) is 11.3 Å². The van der Waals surface area contributed by atoms with Crippen LogP contribution in [-0.2, 0) is 4.79 Å². The van der Waals surface area contributed by atoms with Gasteiger partial charge in [0.05, 0.1) is 24.4 Å². The third-order valence-electron chi connectivity index (χ3n) is 11.8. The highest BCUT2D eigenvalue weighted by molar-refractivity contribution is 7.10. The Hall–Kier alpha value is -0.950. The van der Waals surface area contributed by atoms with E-state index in [2.05, 4.69) is 57.4 Å². The monoisotopic (exact) mass is 531 g/mol. The van der Waals surface area contributed by atoms with Gasteiger partial charge in [-0.05, 0) is 109 Å². The molecule has 4 saturated carbocycles. The number of carbonyl (C=O) groups excluding carboxylic acids is 1. The van der Waals surface area contributed by atoms with E-state index in [1.807, 2.05) is 0 Å². The highest BCUT2D eigenvalue weighted by Crippen LogP contribution is 2.68. The van der Waals surface area contributed by atoms with Crippen LogP contribution in [0.25, 0.3) is 0 Å². The van der Waals surface area contributed by atoms with E-state index in [-0.39, 0.29) is 46.6 Å². The fraction of sp³-hybridized carbons (Fsp3) is 0.839. The van der Waals surface area contributed by atoms with E-state index in [1.54, 1.807) is 11.3 Å². The smallest absolute Gasteiger partial charge is 0.220 e. The molecule has 0 saturated heterocycles. The van der Waals surface area contributed by atoms with E-state index in [0.29, 0.717) is 36.5 Å². The zero-order valence-electron chi connectivity index (χ0n) is 23.4. The molecule has 0 radical (unpaired) electrons. The van der Waals surface area contributed by atoms with Gasteiger partial charge in [-0.1, -0.05) is 40.7 Å². The lowest BCUT2D eigenvalue weighted by molar-refractivity contribution is -0.223. The van der Waals surface area contributed by atoms with E-state index in [4.69, 9.17) is 0 Å². The number of carbonyl (C=O) groups is 1. The first kappa shape index (κ1) is 27.6. The molecular weight excluding hydrogens is 482 g/mol. The summed E-state index contributed by atoms with van der Waals surface area (Å²) >= 11 is 1.71. The maximum atomic E-state index is 13.2. The Labute approximate surface area is 227 Å². The number of aliphatic hydroxyl groups is 3. The predicted octanol–water partition coefficient (Wildman–Crippen LogP) is 5.55. The fourth-order valence-corrected chi connectivity index (χ4v) is 10.9. The van der Waals surface area contributed by atoms with Crippen molar-refractivity contribution in [3.63, 3.8) is 0 Å². The van der Waals surface area contributed by atoms with Gasteiger partial charge in [-0.25, -0.2) is 0 Å². The summed E-state index contributed by atoms with van der Waals surface area (Å²) in [7, 11) is 0. The molecule has 4 N–H and O–H groups in total. The molecule has 1 aromatic heterocycles. The molecule has 0 aromatic carbocycles. The summed E-state index contributed by atoms with van der Waals surface area (Å²) in [5, 5.41) is 38.5. The van der Waals surface area contributed by atoms with Crippen molar-refractivity contribution in [1.82, 2.24) is 5.32 Å². The van der Waals surface area contributed by atoms with Crippen LogP contribution in [0, 0.1) is 52.3 Å². The van der Waals surface area contributed by atoms with Gasteiger partial charge in [0.15, 0.2) is 0 Å². The second-order valence-corrected chi connectivity index (χ2v) is 15.0. The van der Waals surface area contributed by atoms with Crippen LogP contribution < -0.4 is 5.32 Å². The van der Waals surface area contributed by atoms with E-state index < -0.39 is 12.2 Å². The largest absolute Gasteiger partial charge is 0.393 e. The Morgan fingerprint density at radius 2 is 1.70 bits per heavy atom. The standard InChI is InChI=1S/C31H49NO4S/c1-17(2)27(24-7-6-14-37-24)32-25(34)15-18(3)20-8-9-21-26-22(11-13-30(20,21)4)31(5)12-10-19(33)16-23(31)28(35)29(26)36/h6-7,14,17-23,26-29,33,35-36H,8-13,15-16H2,1-5H3,(H,32,34)/t18-,19-,20?,21+,22+,23+,26+,27?,28-,29+,30-,31-/m1/s1. The minimum Gasteiger partial charge on any atom is -0.393 e. The van der Waals surface area contributed by atoms with Gasteiger partial charge in [0.2, 0.25) is 5.91 Å². The molecule has 4 aliphatic carbocycles. The van der Waals surface area contributed by atoms with Crippen LogP contribution in [0.3, 0.4) is 0 Å². The molecule has 0 aliphatic heterocycles. The van der Waals surface area contributed by atoms with Crippen molar-refractivity contribution in [1.29, 1.82) is 0 Å². The lowest BCUT2D eigenvalue weighted by atomic mass is 9.43. The molecule has 0 spiro atoms. The average molecular weight is 532 g/mol. The number of fused-ring (bicyclic) bond motifs is 5. The Balaban J connectivity index is 1.30. The first-order chi connectivity index (χ1) is 17.5. The second kappa shape index (κ2) is 10.2. The zero-order chi connectivity index (χ0) is 26.7. The fourth-order valence-electron chi connectivity index (χ4n) is 9.92. The minimum atomic E-state index is -0.754. The van der Waals surface area contributed by atoms with Crippen LogP contribution in [0.15, 0.2) is 17.5 Å². The van der Waals surface area contributed by atoms with E-state index in [0.717, 1.165) is 38.5 Å². The number of aliphatic hydroxyl groups excluding tert-OH is 3. The topological polar surface area (TPSA) is 89.8 Å². The number of nitrogens with one attached hydrogen (secondary N) is 1. The maximum Gasteiger partial charge on any atom is 0.220 e. The molecular formula is C31H49NO4S. The van der Waals surface area contributed by atoms with Gasteiger partial charge in [-0.15, -0.1) is 11.3 Å². The Morgan fingerprint density at radius 1 is 1.00 bits per heavy atom. The summed E-state index contributed by atoms with van der Waals surface area (Å²) in [5.41, 5.74) is 0.0747. The van der Waals surface area contributed by atoms with Gasteiger partial charge in [0.25, 0.3) is 0 Å². The lowest BCUT2D eigenvalue weighted by Crippen LogP contribution is -2.64. The molecule has 1 aromatic rings. The molecule has 37 heavy (non-hydrogen) atoms. The molecule has 1 heterocycles. The molecule has 0 bridgehead atoms. The normalized spacial score (nSPS) is 45.0. The SMILES string of the molecule is CC(C)C(NC(=O)C[C@@H](C)C1CC[C@H]2[C@@H]3[C@H](O)[C@H](O)[C@@H]4C[C@H](O)CC[C@]4(C)[C@H]3CC[C@]12C)c1cccs1. The first-order valence-corrected chi connectivity index (χ1v) is 15.7. The number of rotatable bonds is 6. The van der Waals surface area contributed by atoms with Crippen LogP contribution >= 0.6 is 11.3 Å². The Bertz CT molecular complexity index is 951. The van der Waals surface area contributed by atoms with Crippen LogP contribution in [0.4, 0.5) is 0 Å². The van der Waals surface area contributed by atoms with Crippen molar-refractivity contribution in [3.8, 4) is 0 Å². The number of amides is 1. The Kier molecular flexibility index (Phi) is 7.63. The Morgan fingerprint density at radius 3 is 2.38 bits per heavy atom. The van der Waals surface area contributed by atoms with Crippen molar-refractivity contribution in [3.05, 3.63) is 22.4 Å². The summed E-state index contributed by atoms with van der Waals surface area (Å²) in [6, 6.07) is 4.22. The van der Waals surface area contributed by atoms with Gasteiger partial charge in [-0.2, -0.15) is 0 Å². The minimum absolute atomic E-state index is 0.0128. The summed E-state index contributed by atoms with van der Waals surface area (Å²) in [4.78, 5) is 14.5. The lowest BCUT2D eigenvalue weighted by Gasteiger charge is -2.63. The highest BCUT2D eigenvalue weighted by Gasteiger charge is 2.65. The molecule has 1 amide bonds.